The van der Waals surface area contributed by atoms with Crippen LogP contribution in [-0.2, 0) is 6.54 Å². The summed E-state index contributed by atoms with van der Waals surface area (Å²) in [6, 6.07) is 23.9. The van der Waals surface area contributed by atoms with E-state index in [1.54, 1.807) is 0 Å². The van der Waals surface area contributed by atoms with Crippen molar-refractivity contribution in [2.75, 3.05) is 0 Å². The number of rotatable bonds is 4. The van der Waals surface area contributed by atoms with E-state index in [9.17, 15) is 4.79 Å². The zero-order valence-electron chi connectivity index (χ0n) is 13.2. The van der Waals surface area contributed by atoms with Crippen LogP contribution in [-0.4, -0.2) is 10.2 Å². The predicted molar refractivity (Wildman–Crippen MR) is 93.8 cm³/mol. The number of nitrogens with zero attached hydrogens (tertiary/aromatic N) is 2. The Morgan fingerprint density at radius 2 is 1.58 bits per heavy atom. The molecule has 0 N–H and O–H groups in total. The Hall–Kier alpha value is -3.20. The highest BCUT2D eigenvalue weighted by Gasteiger charge is 2.21. The van der Waals surface area contributed by atoms with E-state index < -0.39 is 0 Å². The van der Waals surface area contributed by atoms with Crippen molar-refractivity contribution in [2.24, 2.45) is 0 Å². The average molecular weight is 313 g/mol. The summed E-state index contributed by atoms with van der Waals surface area (Å²) in [5, 5.41) is 0. The minimum Gasteiger partial charge on any atom is -0.313 e. The lowest BCUT2D eigenvalue weighted by molar-refractivity contribution is -0.683. The van der Waals surface area contributed by atoms with Crippen LogP contribution in [0.2, 0.25) is 0 Å². The van der Waals surface area contributed by atoms with Crippen molar-refractivity contribution in [2.45, 2.75) is 6.54 Å². The number of hydrogen-bond donors (Lipinski definition) is 0. The zero-order chi connectivity index (χ0) is 16.4. The Morgan fingerprint density at radius 3 is 2.38 bits per heavy atom. The summed E-state index contributed by atoms with van der Waals surface area (Å²) in [5.74, 6) is 0.0938. The summed E-state index contributed by atoms with van der Waals surface area (Å²) in [7, 11) is 0. The van der Waals surface area contributed by atoms with Gasteiger partial charge in [0, 0.05) is 29.4 Å². The van der Waals surface area contributed by atoms with Crippen LogP contribution >= 0.6 is 0 Å². The molecule has 3 heteroatoms. The topological polar surface area (TPSA) is 25.4 Å². The molecule has 0 bridgehead atoms. The summed E-state index contributed by atoms with van der Waals surface area (Å²) < 4.78 is 3.88. The Bertz CT molecular complexity index is 988. The highest BCUT2D eigenvalue weighted by Crippen LogP contribution is 2.28. The second-order valence-electron chi connectivity index (χ2n) is 5.74. The molecule has 0 amide bonds. The highest BCUT2D eigenvalue weighted by molar-refractivity contribution is 6.02. The van der Waals surface area contributed by atoms with Gasteiger partial charge in [0.1, 0.15) is 5.69 Å². The van der Waals surface area contributed by atoms with Gasteiger partial charge in [-0.05, 0) is 23.8 Å². The van der Waals surface area contributed by atoms with Crippen LogP contribution in [0.3, 0.4) is 0 Å². The molecular weight excluding hydrogens is 296 g/mol. The number of ketones is 1. The summed E-state index contributed by atoms with van der Waals surface area (Å²) in [5.41, 5.74) is 3.79. The van der Waals surface area contributed by atoms with Gasteiger partial charge in [-0.3, -0.25) is 4.79 Å². The van der Waals surface area contributed by atoms with Gasteiger partial charge in [0.2, 0.25) is 12.3 Å². The normalized spacial score (nSPS) is 10.8. The fourth-order valence-corrected chi connectivity index (χ4v) is 3.03. The van der Waals surface area contributed by atoms with Crippen LogP contribution in [0.5, 0.6) is 0 Å². The van der Waals surface area contributed by atoms with Crippen molar-refractivity contribution < 1.29 is 9.36 Å². The molecule has 0 saturated carbocycles. The highest BCUT2D eigenvalue weighted by atomic mass is 16.1. The zero-order valence-corrected chi connectivity index (χ0v) is 13.2. The maximum atomic E-state index is 13.0. The summed E-state index contributed by atoms with van der Waals surface area (Å²) >= 11 is 0. The Labute approximate surface area is 140 Å². The molecule has 0 atom stereocenters. The standard InChI is InChI=1S/C21H17N2O/c24-20(16-22-12-6-2-7-13-22)21-19(17-9-3-1-4-10-17)15-18-11-5-8-14-23(18)21/h1-15H,16H2/q+1. The summed E-state index contributed by atoms with van der Waals surface area (Å²) in [6.07, 6.45) is 5.77. The molecule has 3 heterocycles. The van der Waals surface area contributed by atoms with E-state index in [1.165, 1.54) is 0 Å². The van der Waals surface area contributed by atoms with Gasteiger partial charge in [0.15, 0.2) is 12.4 Å². The predicted octanol–water partition coefficient (Wildman–Crippen LogP) is 3.78. The molecule has 24 heavy (non-hydrogen) atoms. The lowest BCUT2D eigenvalue weighted by atomic mass is 10.0. The fourth-order valence-electron chi connectivity index (χ4n) is 3.03. The average Bonchev–Trinajstić information content (AvgIpc) is 3.03. The minimum atomic E-state index is 0.0938. The van der Waals surface area contributed by atoms with Crippen LogP contribution in [0, 0.1) is 0 Å². The minimum absolute atomic E-state index is 0.0938. The molecular formula is C21H17N2O+. The smallest absolute Gasteiger partial charge is 0.244 e. The Kier molecular flexibility index (Phi) is 3.67. The molecule has 3 nitrogen and oxygen atoms in total. The largest absolute Gasteiger partial charge is 0.313 e. The van der Waals surface area contributed by atoms with Gasteiger partial charge in [0.25, 0.3) is 0 Å². The molecule has 0 aliphatic heterocycles. The first-order valence-corrected chi connectivity index (χ1v) is 7.96. The summed E-state index contributed by atoms with van der Waals surface area (Å²) in [6.45, 7) is 0.321. The van der Waals surface area contributed by atoms with Crippen molar-refractivity contribution in [3.8, 4) is 11.1 Å². The van der Waals surface area contributed by atoms with Crippen LogP contribution in [0.15, 0.2) is 91.4 Å². The molecule has 4 rings (SSSR count). The third kappa shape index (κ3) is 2.61. The lowest BCUT2D eigenvalue weighted by Crippen LogP contribution is -2.37. The lowest BCUT2D eigenvalue weighted by Gasteiger charge is -2.05. The van der Waals surface area contributed by atoms with Crippen molar-refractivity contribution in [3.63, 3.8) is 0 Å². The number of benzene rings is 1. The van der Waals surface area contributed by atoms with E-state index in [0.717, 1.165) is 22.3 Å². The number of Topliss-reactive ketones (excluding diaryl/α,β-unsaturated/α-hetero) is 1. The van der Waals surface area contributed by atoms with E-state index >= 15 is 0 Å². The molecule has 3 aromatic heterocycles. The number of carbonyl (C=O) groups excluding carboxylic acids is 1. The van der Waals surface area contributed by atoms with Crippen molar-refractivity contribution in [3.05, 3.63) is 97.1 Å². The first-order chi connectivity index (χ1) is 11.8. The molecule has 0 aliphatic carbocycles. The third-order valence-electron chi connectivity index (χ3n) is 4.13. The number of fused-ring (bicyclic) bond motifs is 1. The second kappa shape index (κ2) is 6.13. The Morgan fingerprint density at radius 1 is 0.875 bits per heavy atom. The quantitative estimate of drug-likeness (QED) is 0.416. The monoisotopic (exact) mass is 313 g/mol. The van der Waals surface area contributed by atoms with E-state index in [1.807, 2.05) is 94.3 Å². The molecule has 0 saturated heterocycles. The van der Waals surface area contributed by atoms with Crippen LogP contribution in [0.25, 0.3) is 16.6 Å². The van der Waals surface area contributed by atoms with Crippen molar-refractivity contribution >= 4 is 11.3 Å². The number of carbonyl (C=O) groups is 1. The number of hydrogen-bond acceptors (Lipinski definition) is 1. The van der Waals surface area contributed by atoms with Crippen molar-refractivity contribution in [1.29, 1.82) is 0 Å². The number of pyridine rings is 2. The molecule has 4 aromatic rings. The van der Waals surface area contributed by atoms with E-state index in [0.29, 0.717) is 6.54 Å². The fraction of sp³-hybridized carbons (Fsp3) is 0.0476. The third-order valence-corrected chi connectivity index (χ3v) is 4.13. The molecule has 0 radical (unpaired) electrons. The van der Waals surface area contributed by atoms with E-state index in [4.69, 9.17) is 0 Å². The van der Waals surface area contributed by atoms with Gasteiger partial charge < -0.3 is 4.40 Å². The molecule has 0 unspecified atom stereocenters. The van der Waals surface area contributed by atoms with Gasteiger partial charge in [0.05, 0.1) is 0 Å². The maximum absolute atomic E-state index is 13.0. The second-order valence-corrected chi connectivity index (χ2v) is 5.74. The van der Waals surface area contributed by atoms with Crippen molar-refractivity contribution in [1.82, 2.24) is 4.40 Å². The first kappa shape index (κ1) is 14.4. The van der Waals surface area contributed by atoms with Crippen LogP contribution < -0.4 is 4.57 Å². The number of aromatic nitrogens is 2. The Balaban J connectivity index is 1.85. The summed E-state index contributed by atoms with van der Waals surface area (Å²) in [4.78, 5) is 13.0. The van der Waals surface area contributed by atoms with Gasteiger partial charge in [-0.2, -0.15) is 4.57 Å². The first-order valence-electron chi connectivity index (χ1n) is 7.96. The van der Waals surface area contributed by atoms with Gasteiger partial charge >= 0.3 is 0 Å². The van der Waals surface area contributed by atoms with Gasteiger partial charge in [-0.25, -0.2) is 0 Å². The molecule has 0 aliphatic rings. The SMILES string of the molecule is O=C(C[n+]1ccccc1)c1c(-c2ccccc2)cc2ccccn12. The molecule has 0 spiro atoms. The molecule has 0 fully saturated rings. The van der Waals surface area contributed by atoms with E-state index in [-0.39, 0.29) is 5.78 Å². The van der Waals surface area contributed by atoms with E-state index in [2.05, 4.69) is 6.07 Å². The van der Waals surface area contributed by atoms with Gasteiger partial charge in [-0.15, -0.1) is 0 Å². The maximum Gasteiger partial charge on any atom is 0.244 e. The van der Waals surface area contributed by atoms with Crippen LogP contribution in [0.1, 0.15) is 10.5 Å². The molecule has 116 valence electrons. The van der Waals surface area contributed by atoms with Crippen LogP contribution in [0.4, 0.5) is 0 Å². The molecule has 1 aromatic carbocycles. The van der Waals surface area contributed by atoms with Gasteiger partial charge in [-0.1, -0.05) is 42.5 Å².